The highest BCUT2D eigenvalue weighted by molar-refractivity contribution is 6.02. The van der Waals surface area contributed by atoms with Gasteiger partial charge in [0.2, 0.25) is 12.6 Å². The molecule has 0 saturated heterocycles. The Morgan fingerprint density at radius 1 is 0.941 bits per heavy atom. The molecule has 5 rings (SSSR count). The molecule has 1 aromatic heterocycles. The van der Waals surface area contributed by atoms with Crippen LogP contribution in [0, 0.1) is 13.8 Å². The topological polar surface area (TPSA) is 87.0 Å². The fourth-order valence-electron chi connectivity index (χ4n) is 4.23. The molecule has 0 saturated carbocycles. The van der Waals surface area contributed by atoms with Crippen molar-refractivity contribution in [1.82, 2.24) is 4.57 Å². The highest BCUT2D eigenvalue weighted by atomic mass is 16.7. The average Bonchev–Trinajstić information content (AvgIpc) is 3.41. The second-order valence-electron chi connectivity index (χ2n) is 8.27. The monoisotopic (exact) mass is 457 g/mol. The van der Waals surface area contributed by atoms with Crippen LogP contribution >= 0.6 is 0 Å². The van der Waals surface area contributed by atoms with Crippen LogP contribution in [0.4, 0.5) is 0 Å². The van der Waals surface area contributed by atoms with Crippen LogP contribution in [0.1, 0.15) is 37.7 Å². The number of esters is 1. The molecule has 0 radical (unpaired) electrons. The number of ketones is 1. The molecule has 172 valence electrons. The molecular formula is C27H23NO6. The maximum absolute atomic E-state index is 12.9. The molecule has 1 N–H and O–H groups in total. The summed E-state index contributed by atoms with van der Waals surface area (Å²) in [6, 6.07) is 18.0. The van der Waals surface area contributed by atoms with E-state index in [0.29, 0.717) is 17.9 Å². The van der Waals surface area contributed by atoms with Gasteiger partial charge in [0.1, 0.15) is 11.3 Å². The summed E-state index contributed by atoms with van der Waals surface area (Å²) in [4.78, 5) is 25.5. The van der Waals surface area contributed by atoms with E-state index in [4.69, 9.17) is 14.2 Å². The lowest BCUT2D eigenvalue weighted by Crippen LogP contribution is -2.15. The number of nitrogens with zero attached hydrogens (tertiary/aromatic N) is 1. The fourth-order valence-corrected chi connectivity index (χ4v) is 4.23. The summed E-state index contributed by atoms with van der Waals surface area (Å²) in [6.07, 6.45) is 0. The summed E-state index contributed by atoms with van der Waals surface area (Å²) in [7, 11) is 0. The van der Waals surface area contributed by atoms with Crippen LogP contribution in [0.3, 0.4) is 0 Å². The Labute approximate surface area is 196 Å². The number of hydrogen-bond acceptors (Lipinski definition) is 6. The predicted octanol–water partition coefficient (Wildman–Crippen LogP) is 4.78. The van der Waals surface area contributed by atoms with Crippen molar-refractivity contribution in [1.29, 1.82) is 0 Å². The van der Waals surface area contributed by atoms with Crippen molar-refractivity contribution in [2.75, 3.05) is 13.4 Å². The van der Waals surface area contributed by atoms with Gasteiger partial charge in [-0.2, -0.15) is 0 Å². The minimum Gasteiger partial charge on any atom is -0.507 e. The highest BCUT2D eigenvalue weighted by Gasteiger charge is 2.20. The van der Waals surface area contributed by atoms with E-state index in [0.717, 1.165) is 33.5 Å². The first-order valence-corrected chi connectivity index (χ1v) is 10.9. The maximum Gasteiger partial charge on any atom is 0.342 e. The van der Waals surface area contributed by atoms with Gasteiger partial charge in [-0.15, -0.1) is 0 Å². The van der Waals surface area contributed by atoms with Gasteiger partial charge >= 0.3 is 5.97 Å². The van der Waals surface area contributed by atoms with Crippen LogP contribution in [0.15, 0.2) is 60.7 Å². The van der Waals surface area contributed by atoms with E-state index >= 15 is 0 Å². The van der Waals surface area contributed by atoms with Crippen LogP contribution in [0.2, 0.25) is 0 Å². The van der Waals surface area contributed by atoms with E-state index in [1.165, 1.54) is 6.07 Å². The molecule has 0 amide bonds. The number of ether oxygens (including phenoxy) is 3. The molecule has 0 fully saturated rings. The second kappa shape index (κ2) is 8.59. The number of phenols is 1. The van der Waals surface area contributed by atoms with Crippen molar-refractivity contribution < 1.29 is 28.9 Å². The standard InChI is InChI=1S/C27H23NO6/c1-16-9-21(17(2)28(16)13-18-7-8-25-26(10-18)34-15-33-25)24(30)14-32-27(31)22-11-19-5-3-4-6-20(19)12-23(22)29/h3-12,29H,13-15H2,1-2H3. The molecule has 34 heavy (non-hydrogen) atoms. The average molecular weight is 457 g/mol. The number of phenolic OH excluding ortho intramolecular Hbond substituents is 1. The number of hydrogen-bond donors (Lipinski definition) is 1. The van der Waals surface area contributed by atoms with Crippen LogP contribution in [0.5, 0.6) is 17.2 Å². The normalized spacial score (nSPS) is 12.2. The van der Waals surface area contributed by atoms with Crippen molar-refractivity contribution in [2.45, 2.75) is 20.4 Å². The van der Waals surface area contributed by atoms with Crippen molar-refractivity contribution in [3.05, 3.63) is 88.7 Å². The quantitative estimate of drug-likeness (QED) is 0.331. The first-order valence-electron chi connectivity index (χ1n) is 10.9. The van der Waals surface area contributed by atoms with Gasteiger partial charge in [-0.05, 0) is 60.5 Å². The Bertz CT molecular complexity index is 1430. The van der Waals surface area contributed by atoms with Crippen molar-refractivity contribution in [3.63, 3.8) is 0 Å². The predicted molar refractivity (Wildman–Crippen MR) is 126 cm³/mol. The van der Waals surface area contributed by atoms with Crippen molar-refractivity contribution in [3.8, 4) is 17.2 Å². The molecule has 3 aromatic carbocycles. The Morgan fingerprint density at radius 3 is 2.47 bits per heavy atom. The van der Waals surface area contributed by atoms with Gasteiger partial charge < -0.3 is 23.9 Å². The van der Waals surface area contributed by atoms with E-state index in [9.17, 15) is 14.7 Å². The Balaban J connectivity index is 1.30. The molecule has 0 unspecified atom stereocenters. The third-order valence-electron chi connectivity index (χ3n) is 6.07. The zero-order chi connectivity index (χ0) is 23.8. The van der Waals surface area contributed by atoms with Gasteiger partial charge in [-0.1, -0.05) is 30.3 Å². The van der Waals surface area contributed by atoms with Gasteiger partial charge in [-0.3, -0.25) is 4.79 Å². The first kappa shape index (κ1) is 21.6. The number of Topliss-reactive ketones (excluding diaryl/α,β-unsaturated/α-hetero) is 1. The third kappa shape index (κ3) is 3.96. The number of aromatic nitrogens is 1. The summed E-state index contributed by atoms with van der Waals surface area (Å²) in [5.41, 5.74) is 3.23. The van der Waals surface area contributed by atoms with Gasteiger partial charge in [0, 0.05) is 23.5 Å². The lowest BCUT2D eigenvalue weighted by atomic mass is 10.1. The summed E-state index contributed by atoms with van der Waals surface area (Å²) >= 11 is 0. The molecule has 0 aliphatic carbocycles. The first-order chi connectivity index (χ1) is 16.4. The van der Waals surface area contributed by atoms with Crippen LogP contribution in [-0.2, 0) is 11.3 Å². The number of benzene rings is 3. The summed E-state index contributed by atoms with van der Waals surface area (Å²) < 4.78 is 18.1. The molecule has 0 atom stereocenters. The Morgan fingerprint density at radius 2 is 1.68 bits per heavy atom. The maximum atomic E-state index is 12.9. The van der Waals surface area contributed by atoms with Gasteiger partial charge in [0.15, 0.2) is 18.1 Å². The van der Waals surface area contributed by atoms with Gasteiger partial charge in [0.25, 0.3) is 0 Å². The number of rotatable bonds is 6. The molecule has 1 aliphatic rings. The molecule has 4 aromatic rings. The number of aryl methyl sites for hydroxylation is 1. The zero-order valence-electron chi connectivity index (χ0n) is 18.8. The summed E-state index contributed by atoms with van der Waals surface area (Å²) in [5.74, 6) is 0.197. The summed E-state index contributed by atoms with van der Waals surface area (Å²) in [5, 5.41) is 11.8. The SMILES string of the molecule is Cc1cc(C(=O)COC(=O)c2cc3ccccc3cc2O)c(C)n1Cc1ccc2c(c1)OCO2. The van der Waals surface area contributed by atoms with Gasteiger partial charge in [0.05, 0.1) is 0 Å². The fraction of sp³-hybridized carbons (Fsp3) is 0.185. The Hall–Kier alpha value is -4.26. The smallest absolute Gasteiger partial charge is 0.342 e. The molecule has 1 aliphatic heterocycles. The Kier molecular flexibility index (Phi) is 5.45. The molecule has 0 bridgehead atoms. The van der Waals surface area contributed by atoms with E-state index in [-0.39, 0.29) is 23.9 Å². The number of aromatic hydroxyl groups is 1. The molecule has 7 nitrogen and oxygen atoms in total. The number of carbonyl (C=O) groups excluding carboxylic acids is 2. The van der Waals surface area contributed by atoms with Crippen molar-refractivity contribution >= 4 is 22.5 Å². The largest absolute Gasteiger partial charge is 0.507 e. The van der Waals surface area contributed by atoms with E-state index in [1.54, 1.807) is 12.1 Å². The molecule has 2 heterocycles. The number of fused-ring (bicyclic) bond motifs is 2. The van der Waals surface area contributed by atoms with E-state index in [2.05, 4.69) is 0 Å². The lowest BCUT2D eigenvalue weighted by Gasteiger charge is -2.11. The lowest BCUT2D eigenvalue weighted by molar-refractivity contribution is 0.0471. The van der Waals surface area contributed by atoms with Crippen LogP contribution in [-0.4, -0.2) is 34.8 Å². The van der Waals surface area contributed by atoms with Crippen LogP contribution < -0.4 is 9.47 Å². The zero-order valence-corrected chi connectivity index (χ0v) is 18.8. The third-order valence-corrected chi connectivity index (χ3v) is 6.07. The van der Waals surface area contributed by atoms with Crippen molar-refractivity contribution in [2.24, 2.45) is 0 Å². The highest BCUT2D eigenvalue weighted by Crippen LogP contribution is 2.33. The molecular weight excluding hydrogens is 434 g/mol. The van der Waals surface area contributed by atoms with E-state index in [1.807, 2.05) is 60.9 Å². The van der Waals surface area contributed by atoms with Crippen LogP contribution in [0.25, 0.3) is 10.8 Å². The van der Waals surface area contributed by atoms with Gasteiger partial charge in [-0.25, -0.2) is 4.79 Å². The second-order valence-corrected chi connectivity index (χ2v) is 8.27. The number of carbonyl (C=O) groups is 2. The minimum atomic E-state index is -0.745. The minimum absolute atomic E-state index is 0.0276. The molecule has 0 spiro atoms. The van der Waals surface area contributed by atoms with E-state index < -0.39 is 12.6 Å². The summed E-state index contributed by atoms with van der Waals surface area (Å²) in [6.45, 7) is 4.15. The molecule has 7 heteroatoms.